The Hall–Kier alpha value is -2.99. The van der Waals surface area contributed by atoms with Crippen LogP contribution in [-0.4, -0.2) is 82.4 Å². The number of rotatable bonds is 9. The summed E-state index contributed by atoms with van der Waals surface area (Å²) in [6.45, 7) is 3.56. The van der Waals surface area contributed by atoms with Gasteiger partial charge in [-0.15, -0.1) is 0 Å². The third-order valence-electron chi connectivity index (χ3n) is 6.88. The number of piperidine rings is 1. The van der Waals surface area contributed by atoms with Crippen LogP contribution in [0.2, 0.25) is 0 Å². The van der Waals surface area contributed by atoms with Crippen molar-refractivity contribution in [2.75, 3.05) is 19.6 Å². The summed E-state index contributed by atoms with van der Waals surface area (Å²) in [4.78, 5) is 21.1. The van der Waals surface area contributed by atoms with Gasteiger partial charge < -0.3 is 9.64 Å². The van der Waals surface area contributed by atoms with E-state index in [1.165, 1.54) is 35.5 Å². The standard InChI is InChI=1S/C27H33AsN4O4/c28-30-18-32-12-9-19-1-8-25(15-21(19)16-32)36-26(27(33)34)20-2-6-23(7-3-20)35-24-10-13-31(14-11-24)17-29-22-4-5-22/h1-3,6-8,15,17-18,22,24,26H,4-5,9-14,16,28H2,(H,33,34)/b29-17+,30-18-. The Morgan fingerprint density at radius 3 is 2.42 bits per heavy atom. The summed E-state index contributed by atoms with van der Waals surface area (Å²) >= 11 is 1.32. The van der Waals surface area contributed by atoms with Gasteiger partial charge in [0.15, 0.2) is 0 Å². The van der Waals surface area contributed by atoms with Crippen molar-refractivity contribution in [3.8, 4) is 11.5 Å². The summed E-state index contributed by atoms with van der Waals surface area (Å²) in [5, 5.41) is 9.88. The molecule has 2 unspecified atom stereocenters. The number of benzene rings is 2. The normalized spacial score (nSPS) is 19.5. The number of carboxylic acid groups (broad SMARTS) is 1. The first-order chi connectivity index (χ1) is 17.6. The summed E-state index contributed by atoms with van der Waals surface area (Å²) in [5.41, 5.74) is 2.99. The van der Waals surface area contributed by atoms with Crippen LogP contribution >= 0.6 is 0 Å². The minimum absolute atomic E-state index is 0.154. The van der Waals surface area contributed by atoms with E-state index in [4.69, 9.17) is 9.47 Å². The molecule has 1 N–H and O–H groups in total. The van der Waals surface area contributed by atoms with E-state index in [0.29, 0.717) is 17.4 Å². The van der Waals surface area contributed by atoms with Crippen molar-refractivity contribution < 1.29 is 19.4 Å². The van der Waals surface area contributed by atoms with Gasteiger partial charge in [-0.05, 0) is 12.8 Å². The summed E-state index contributed by atoms with van der Waals surface area (Å²) < 4.78 is 16.3. The number of carbonyl (C=O) groups is 1. The Morgan fingerprint density at radius 2 is 1.72 bits per heavy atom. The van der Waals surface area contributed by atoms with Crippen LogP contribution in [-0.2, 0) is 17.8 Å². The predicted molar refractivity (Wildman–Crippen MR) is 142 cm³/mol. The molecule has 2 fully saturated rings. The van der Waals surface area contributed by atoms with Crippen molar-refractivity contribution in [1.29, 1.82) is 0 Å². The van der Waals surface area contributed by atoms with Crippen LogP contribution in [0.3, 0.4) is 0 Å². The fourth-order valence-electron chi connectivity index (χ4n) is 4.65. The van der Waals surface area contributed by atoms with E-state index in [2.05, 4.69) is 18.7 Å². The Bertz CT molecular complexity index is 1110. The maximum absolute atomic E-state index is 12.1. The van der Waals surface area contributed by atoms with Crippen LogP contribution < -0.4 is 9.47 Å². The first-order valence-electron chi connectivity index (χ1n) is 12.6. The number of aliphatic carboxylic acids is 1. The third kappa shape index (κ3) is 6.41. The van der Waals surface area contributed by atoms with E-state index < -0.39 is 12.1 Å². The molecule has 8 nitrogen and oxygen atoms in total. The number of fused-ring (bicyclic) bond motifs is 1. The molecular formula is C27H33AsN4O4. The second kappa shape index (κ2) is 11.4. The molecule has 190 valence electrons. The van der Waals surface area contributed by atoms with Gasteiger partial charge in [-0.1, -0.05) is 0 Å². The topological polar surface area (TPSA) is 87.0 Å². The number of nitrogens with zero attached hydrogens (tertiary/aromatic N) is 4. The fourth-order valence-corrected chi connectivity index (χ4v) is 5.05. The van der Waals surface area contributed by atoms with E-state index >= 15 is 0 Å². The van der Waals surface area contributed by atoms with Gasteiger partial charge in [0.05, 0.1) is 12.4 Å². The molecular weight excluding hydrogens is 519 g/mol. The minimum atomic E-state index is -1.09. The maximum atomic E-state index is 12.1. The molecule has 1 saturated carbocycles. The van der Waals surface area contributed by atoms with Gasteiger partial charge in [0.2, 0.25) is 0 Å². The van der Waals surface area contributed by atoms with E-state index in [1.54, 1.807) is 12.1 Å². The average molecular weight is 553 g/mol. The SMILES string of the molecule is O=C(O)C(Oc1ccc2c(c1)CN(/C=N\[AsH2])CC2)c1ccc(OC2CCN(/C=N/C3CC3)CC2)cc1. The molecule has 0 spiro atoms. The third-order valence-corrected chi connectivity index (χ3v) is 7.16. The van der Waals surface area contributed by atoms with Crippen molar-refractivity contribution >= 4 is 35.7 Å². The van der Waals surface area contributed by atoms with Crippen molar-refractivity contribution in [1.82, 2.24) is 9.80 Å². The number of likely N-dealkylation sites (tertiary alicyclic amines) is 1. The van der Waals surface area contributed by atoms with E-state index in [9.17, 15) is 9.90 Å². The van der Waals surface area contributed by atoms with Gasteiger partial charge in [-0.25, -0.2) is 0 Å². The molecule has 0 amide bonds. The molecule has 2 aromatic rings. The second-order valence-electron chi connectivity index (χ2n) is 9.67. The molecule has 36 heavy (non-hydrogen) atoms. The zero-order valence-electron chi connectivity index (χ0n) is 20.3. The van der Waals surface area contributed by atoms with Crippen LogP contribution in [0.25, 0.3) is 0 Å². The number of aliphatic imine (C=N–C) groups is 1. The van der Waals surface area contributed by atoms with Crippen molar-refractivity contribution in [2.45, 2.75) is 56.9 Å². The van der Waals surface area contributed by atoms with Gasteiger partial charge >= 0.3 is 143 Å². The quantitative estimate of drug-likeness (QED) is 0.293. The zero-order chi connectivity index (χ0) is 24.9. The summed E-state index contributed by atoms with van der Waals surface area (Å²) in [6, 6.07) is 13.6. The molecule has 2 heterocycles. The van der Waals surface area contributed by atoms with Crippen LogP contribution in [0.1, 0.15) is 48.5 Å². The number of hydrogen-bond acceptors (Lipinski definition) is 5. The molecule has 5 rings (SSSR count). The van der Waals surface area contributed by atoms with Gasteiger partial charge in [0.25, 0.3) is 0 Å². The first-order valence-corrected chi connectivity index (χ1v) is 13.7. The van der Waals surface area contributed by atoms with E-state index in [1.807, 2.05) is 43.0 Å². The molecule has 2 atom stereocenters. The Labute approximate surface area is 220 Å². The van der Waals surface area contributed by atoms with Gasteiger partial charge in [0, 0.05) is 25.9 Å². The molecule has 3 aliphatic rings. The summed E-state index contributed by atoms with van der Waals surface area (Å²) in [7, 11) is 0. The molecule has 0 radical (unpaired) electrons. The van der Waals surface area contributed by atoms with Crippen molar-refractivity contribution in [2.24, 2.45) is 8.90 Å². The molecule has 2 aliphatic heterocycles. The number of hydrogen-bond donors (Lipinski definition) is 1. The average Bonchev–Trinajstić information content (AvgIpc) is 3.72. The van der Waals surface area contributed by atoms with Gasteiger partial charge in [0.1, 0.15) is 11.9 Å². The van der Waals surface area contributed by atoms with Crippen LogP contribution in [0.5, 0.6) is 11.5 Å². The molecule has 2 aromatic carbocycles. The Morgan fingerprint density at radius 1 is 0.972 bits per heavy atom. The molecule has 0 aromatic heterocycles. The summed E-state index contributed by atoms with van der Waals surface area (Å²) in [6.07, 6.45) is 8.21. The second-order valence-corrected chi connectivity index (χ2v) is 10.3. The Balaban J connectivity index is 1.18. The van der Waals surface area contributed by atoms with Crippen LogP contribution in [0.15, 0.2) is 51.4 Å². The molecule has 0 bridgehead atoms. The van der Waals surface area contributed by atoms with Crippen molar-refractivity contribution in [3.63, 3.8) is 0 Å². The molecule has 9 heteroatoms. The van der Waals surface area contributed by atoms with Gasteiger partial charge in [-0.2, -0.15) is 0 Å². The number of ether oxygens (including phenoxy) is 2. The van der Waals surface area contributed by atoms with Crippen molar-refractivity contribution in [3.05, 3.63) is 59.2 Å². The molecule has 1 saturated heterocycles. The Kier molecular flexibility index (Phi) is 7.80. The monoisotopic (exact) mass is 552 g/mol. The van der Waals surface area contributed by atoms with Crippen LogP contribution in [0, 0.1) is 0 Å². The predicted octanol–water partition coefficient (Wildman–Crippen LogP) is 2.86. The van der Waals surface area contributed by atoms with Gasteiger partial charge in [-0.3, -0.25) is 4.99 Å². The fraction of sp³-hybridized carbons (Fsp3) is 0.444. The van der Waals surface area contributed by atoms with E-state index in [-0.39, 0.29) is 6.10 Å². The first kappa shape index (κ1) is 24.7. The number of carboxylic acids is 1. The van der Waals surface area contributed by atoms with E-state index in [0.717, 1.165) is 56.8 Å². The van der Waals surface area contributed by atoms with Crippen LogP contribution in [0.4, 0.5) is 0 Å². The molecule has 1 aliphatic carbocycles. The zero-order valence-corrected chi connectivity index (χ0v) is 22.8. The summed E-state index contributed by atoms with van der Waals surface area (Å²) in [5.74, 6) is 0.280.